The first-order valence-corrected chi connectivity index (χ1v) is 12.9. The third-order valence-corrected chi connectivity index (χ3v) is 6.58. The fourth-order valence-corrected chi connectivity index (χ4v) is 4.37. The average Bonchev–Trinajstić information content (AvgIpc) is 2.86. The zero-order valence-electron chi connectivity index (χ0n) is 20.6. The summed E-state index contributed by atoms with van der Waals surface area (Å²) < 4.78 is 22.0. The van der Waals surface area contributed by atoms with Gasteiger partial charge in [-0.1, -0.05) is 45.4 Å². The molecule has 11 nitrogen and oxygen atoms in total. The normalized spacial score (nSPS) is 38.1. The Morgan fingerprint density at radius 3 is 1.86 bits per heavy atom. The van der Waals surface area contributed by atoms with Gasteiger partial charge < -0.3 is 61.1 Å². The van der Waals surface area contributed by atoms with Crippen LogP contribution < -0.4 is 0 Å². The first kappa shape index (κ1) is 30.8. The summed E-state index contributed by atoms with van der Waals surface area (Å²) in [6.45, 7) is 1.24. The number of aliphatic hydroxyl groups excluding tert-OH is 7. The van der Waals surface area contributed by atoms with E-state index >= 15 is 0 Å². The molecule has 0 spiro atoms. The highest BCUT2D eigenvalue weighted by Gasteiger charge is 2.50. The molecule has 0 radical (unpaired) electrons. The Labute approximate surface area is 207 Å². The second-order valence-electron chi connectivity index (χ2n) is 9.34. The van der Waals surface area contributed by atoms with Crippen LogP contribution in [0.5, 0.6) is 0 Å². The molecule has 0 saturated carbocycles. The summed E-state index contributed by atoms with van der Waals surface area (Å²) in [6, 6.07) is 0. The summed E-state index contributed by atoms with van der Waals surface area (Å²) in [7, 11) is 0. The molecule has 2 saturated heterocycles. The van der Waals surface area contributed by atoms with Crippen LogP contribution >= 0.6 is 0 Å². The molecule has 2 aliphatic heterocycles. The van der Waals surface area contributed by atoms with Crippen molar-refractivity contribution in [2.45, 2.75) is 126 Å². The highest BCUT2D eigenvalue weighted by molar-refractivity contribution is 4.94. The number of hydrogen-bond acceptors (Lipinski definition) is 11. The SMILES string of the molecule is CC[CH-]CCCCCCCCCO[C@@H]1O[C@H](CO)[C@@H](O[C@H]2O[C@H](CO)[C@@H](O)[C@H](O)[C@H]2O)[C@H](O)[C@H]1O. The molecule has 2 fully saturated rings. The van der Waals surface area contributed by atoms with Crippen LogP contribution in [0.3, 0.4) is 0 Å². The topological polar surface area (TPSA) is 179 Å². The third-order valence-electron chi connectivity index (χ3n) is 6.58. The highest BCUT2D eigenvalue weighted by Crippen LogP contribution is 2.29. The van der Waals surface area contributed by atoms with Gasteiger partial charge in [0.15, 0.2) is 12.6 Å². The van der Waals surface area contributed by atoms with Gasteiger partial charge >= 0.3 is 0 Å². The third kappa shape index (κ3) is 9.11. The first-order valence-electron chi connectivity index (χ1n) is 12.9. The summed E-state index contributed by atoms with van der Waals surface area (Å²) in [5, 5.41) is 70.1. The largest absolute Gasteiger partial charge is 0.394 e. The van der Waals surface area contributed by atoms with E-state index in [1.165, 1.54) is 25.7 Å². The molecule has 208 valence electrons. The van der Waals surface area contributed by atoms with Crippen molar-refractivity contribution in [3.8, 4) is 0 Å². The molecule has 2 heterocycles. The van der Waals surface area contributed by atoms with Crippen molar-refractivity contribution in [2.24, 2.45) is 0 Å². The summed E-state index contributed by atoms with van der Waals surface area (Å²) in [5.74, 6) is 0. The maximum absolute atomic E-state index is 10.6. The van der Waals surface area contributed by atoms with Crippen molar-refractivity contribution < 1.29 is 54.7 Å². The summed E-state index contributed by atoms with van der Waals surface area (Å²) >= 11 is 0. The van der Waals surface area contributed by atoms with E-state index < -0.39 is 74.6 Å². The van der Waals surface area contributed by atoms with Crippen LogP contribution in [0, 0.1) is 6.42 Å². The number of hydrogen-bond donors (Lipinski definition) is 7. The Morgan fingerprint density at radius 1 is 0.657 bits per heavy atom. The molecule has 2 rings (SSSR count). The van der Waals surface area contributed by atoms with E-state index in [0.29, 0.717) is 6.61 Å². The van der Waals surface area contributed by atoms with E-state index in [-0.39, 0.29) is 0 Å². The van der Waals surface area contributed by atoms with Crippen LogP contribution in [0.1, 0.15) is 64.7 Å². The van der Waals surface area contributed by atoms with Crippen molar-refractivity contribution in [1.29, 1.82) is 0 Å². The predicted molar refractivity (Wildman–Crippen MR) is 124 cm³/mol. The Kier molecular flexibility index (Phi) is 14.4. The number of unbranched alkanes of at least 4 members (excludes halogenated alkanes) is 9. The molecule has 2 aliphatic rings. The van der Waals surface area contributed by atoms with Crippen molar-refractivity contribution in [1.82, 2.24) is 0 Å². The predicted octanol–water partition coefficient (Wildman–Crippen LogP) is -0.638. The lowest BCUT2D eigenvalue weighted by Gasteiger charge is -2.45. The minimum Gasteiger partial charge on any atom is -0.394 e. The lowest BCUT2D eigenvalue weighted by molar-refractivity contribution is -0.359. The molecule has 10 atom stereocenters. The molecular formula is C24H45O11-. The zero-order valence-corrected chi connectivity index (χ0v) is 20.6. The molecule has 0 amide bonds. The van der Waals surface area contributed by atoms with Crippen LogP contribution in [0.4, 0.5) is 0 Å². The van der Waals surface area contributed by atoms with Crippen LogP contribution in [0.2, 0.25) is 0 Å². The van der Waals surface area contributed by atoms with Gasteiger partial charge in [-0.3, -0.25) is 0 Å². The van der Waals surface area contributed by atoms with Gasteiger partial charge in [0.25, 0.3) is 0 Å². The average molecular weight is 510 g/mol. The fourth-order valence-electron chi connectivity index (χ4n) is 4.37. The fraction of sp³-hybridized carbons (Fsp3) is 0.958. The lowest BCUT2D eigenvalue weighted by atomic mass is 9.97. The van der Waals surface area contributed by atoms with Crippen molar-refractivity contribution in [3.05, 3.63) is 6.42 Å². The van der Waals surface area contributed by atoms with Gasteiger partial charge in [0.2, 0.25) is 0 Å². The maximum Gasteiger partial charge on any atom is 0.187 e. The lowest BCUT2D eigenvalue weighted by Crippen LogP contribution is -2.64. The highest BCUT2D eigenvalue weighted by atomic mass is 16.7. The van der Waals surface area contributed by atoms with E-state index in [9.17, 15) is 35.7 Å². The smallest absolute Gasteiger partial charge is 0.187 e. The van der Waals surface area contributed by atoms with E-state index in [1.807, 2.05) is 0 Å². The minimum absolute atomic E-state index is 0.316. The summed E-state index contributed by atoms with van der Waals surface area (Å²) in [6.07, 6.45) is -2.04. The molecule has 0 aromatic heterocycles. The van der Waals surface area contributed by atoms with Crippen molar-refractivity contribution in [2.75, 3.05) is 19.8 Å². The molecule has 35 heavy (non-hydrogen) atoms. The van der Waals surface area contributed by atoms with Gasteiger partial charge in [-0.05, 0) is 6.42 Å². The van der Waals surface area contributed by atoms with Crippen LogP contribution in [0.25, 0.3) is 0 Å². The standard InChI is InChI=1S/C24H45O11/c1-2-3-4-5-6-7-8-9-10-11-12-32-23-21(31)19(29)22(16(14-26)34-23)35-24-20(30)18(28)17(27)15(13-25)33-24/h3,15-31H,2,4-14H2,1H3/q-1/t15-,16-,17-,18+,19-,20-,21-,22-,23-,24-/m1/s1. The van der Waals surface area contributed by atoms with E-state index in [2.05, 4.69) is 13.3 Å². The van der Waals surface area contributed by atoms with Gasteiger partial charge in [0.1, 0.15) is 48.8 Å². The van der Waals surface area contributed by atoms with Gasteiger partial charge in [-0.15, -0.1) is 0 Å². The van der Waals surface area contributed by atoms with Gasteiger partial charge in [-0.25, -0.2) is 0 Å². The van der Waals surface area contributed by atoms with Crippen molar-refractivity contribution >= 4 is 0 Å². The maximum atomic E-state index is 10.6. The minimum atomic E-state index is -1.69. The molecule has 11 heteroatoms. The van der Waals surface area contributed by atoms with Crippen molar-refractivity contribution in [3.63, 3.8) is 0 Å². The quantitative estimate of drug-likeness (QED) is 0.104. The van der Waals surface area contributed by atoms with E-state index in [4.69, 9.17) is 18.9 Å². The molecule has 0 aromatic rings. The molecule has 0 bridgehead atoms. The number of aliphatic hydroxyl groups is 7. The monoisotopic (exact) mass is 509 g/mol. The Morgan fingerprint density at radius 2 is 1.23 bits per heavy atom. The second-order valence-corrected chi connectivity index (χ2v) is 9.34. The Balaban J connectivity index is 1.74. The number of ether oxygens (including phenoxy) is 4. The number of rotatable bonds is 16. The van der Waals surface area contributed by atoms with Gasteiger partial charge in [0.05, 0.1) is 13.2 Å². The molecule has 0 aromatic carbocycles. The van der Waals surface area contributed by atoms with Gasteiger partial charge in [0, 0.05) is 6.61 Å². The van der Waals surface area contributed by atoms with Crippen LogP contribution in [0.15, 0.2) is 0 Å². The molecular weight excluding hydrogens is 464 g/mol. The zero-order chi connectivity index (χ0) is 25.8. The molecule has 0 aliphatic carbocycles. The first-order chi connectivity index (χ1) is 16.8. The molecule has 7 N–H and O–H groups in total. The van der Waals surface area contributed by atoms with Crippen LogP contribution in [-0.2, 0) is 18.9 Å². The van der Waals surface area contributed by atoms with Gasteiger partial charge in [-0.2, -0.15) is 12.8 Å². The molecule has 0 unspecified atom stereocenters. The summed E-state index contributed by atoms with van der Waals surface area (Å²) in [5.41, 5.74) is 0. The second kappa shape index (κ2) is 16.4. The Bertz CT molecular complexity index is 550. The summed E-state index contributed by atoms with van der Waals surface area (Å²) in [4.78, 5) is 0. The van der Waals surface area contributed by atoms with Crippen LogP contribution in [-0.4, -0.2) is 117 Å². The Hall–Kier alpha value is -0.440. The van der Waals surface area contributed by atoms with E-state index in [0.717, 1.165) is 32.1 Å². The van der Waals surface area contributed by atoms with E-state index in [1.54, 1.807) is 0 Å².